The van der Waals surface area contributed by atoms with Gasteiger partial charge >= 0.3 is 0 Å². The van der Waals surface area contributed by atoms with Crippen molar-refractivity contribution < 1.29 is 9.90 Å². The van der Waals surface area contributed by atoms with Gasteiger partial charge in [0, 0.05) is 58.1 Å². The van der Waals surface area contributed by atoms with Crippen LogP contribution in [0.5, 0.6) is 0 Å². The lowest BCUT2D eigenvalue weighted by atomic mass is 9.80. The third-order valence-corrected chi connectivity index (χ3v) is 6.83. The maximum absolute atomic E-state index is 13.0. The number of hydrogen-bond donors (Lipinski definition) is 1. The summed E-state index contributed by atoms with van der Waals surface area (Å²) in [4.78, 5) is 28.4. The van der Waals surface area contributed by atoms with Crippen molar-refractivity contribution in [2.45, 2.75) is 51.9 Å². The van der Waals surface area contributed by atoms with Gasteiger partial charge in [-0.3, -0.25) is 9.69 Å². The fraction of sp³-hybridized carbons (Fsp3) is 0.783. The van der Waals surface area contributed by atoms with Gasteiger partial charge in [0.05, 0.1) is 6.61 Å². The first-order valence-corrected chi connectivity index (χ1v) is 11.7. The lowest BCUT2D eigenvalue weighted by molar-refractivity contribution is -0.136. The highest BCUT2D eigenvalue weighted by atomic mass is 16.3. The molecule has 0 aromatic carbocycles. The lowest BCUT2D eigenvalue weighted by Crippen LogP contribution is -2.40. The first-order chi connectivity index (χ1) is 14.6. The van der Waals surface area contributed by atoms with Gasteiger partial charge in [-0.15, -0.1) is 0 Å². The highest BCUT2D eigenvalue weighted by Gasteiger charge is 2.30. The number of carbonyl (C=O) groups is 1. The van der Waals surface area contributed by atoms with E-state index in [0.717, 1.165) is 90.2 Å². The van der Waals surface area contributed by atoms with Crippen LogP contribution in [-0.4, -0.2) is 83.7 Å². The number of hydrogen-bond acceptors (Lipinski definition) is 6. The molecule has 2 aliphatic rings. The van der Waals surface area contributed by atoms with Gasteiger partial charge < -0.3 is 14.9 Å². The van der Waals surface area contributed by atoms with Crippen LogP contribution in [0.4, 0.5) is 5.95 Å². The highest BCUT2D eigenvalue weighted by Crippen LogP contribution is 2.32. The Balaban J connectivity index is 1.39. The Morgan fingerprint density at radius 3 is 2.53 bits per heavy atom. The number of aromatic nitrogens is 2. The van der Waals surface area contributed by atoms with Crippen LogP contribution in [-0.2, 0) is 11.2 Å². The van der Waals surface area contributed by atoms with Crippen LogP contribution in [0.25, 0.3) is 0 Å². The monoisotopic (exact) mass is 417 g/mol. The van der Waals surface area contributed by atoms with Crippen LogP contribution in [0.1, 0.15) is 51.0 Å². The summed E-state index contributed by atoms with van der Waals surface area (Å²) < 4.78 is 0. The van der Waals surface area contributed by atoms with Crippen molar-refractivity contribution in [3.63, 3.8) is 0 Å². The van der Waals surface area contributed by atoms with Crippen LogP contribution in [0.3, 0.4) is 0 Å². The molecule has 168 valence electrons. The molecule has 0 radical (unpaired) electrons. The zero-order valence-corrected chi connectivity index (χ0v) is 18.8. The number of amides is 1. The standard InChI is InChI=1S/C23H39N5O2/c1-3-19-17-24-23(25-18-19)26(2)12-9-20-5-7-21(8-6-20)22(30)28-11-4-10-27(13-14-28)15-16-29/h17-18,20-21,29H,3-16H2,1-2H3. The van der Waals surface area contributed by atoms with Crippen molar-refractivity contribution in [1.82, 2.24) is 19.8 Å². The molecular weight excluding hydrogens is 378 g/mol. The predicted molar refractivity (Wildman–Crippen MR) is 119 cm³/mol. The average Bonchev–Trinajstić information content (AvgIpc) is 3.03. The van der Waals surface area contributed by atoms with Crippen LogP contribution in [0, 0.1) is 11.8 Å². The molecule has 7 heteroatoms. The van der Waals surface area contributed by atoms with E-state index in [9.17, 15) is 4.79 Å². The maximum atomic E-state index is 13.0. The number of aliphatic hydroxyl groups excluding tert-OH is 1. The molecule has 30 heavy (non-hydrogen) atoms. The van der Waals surface area contributed by atoms with Gasteiger partial charge in [-0.2, -0.15) is 0 Å². The number of anilines is 1. The van der Waals surface area contributed by atoms with Crippen LogP contribution < -0.4 is 4.90 Å². The molecule has 1 saturated heterocycles. The molecule has 1 N–H and O–H groups in total. The number of β-amino-alcohol motifs (C(OH)–C–C–N with tert-alkyl or cyclic N) is 1. The summed E-state index contributed by atoms with van der Waals surface area (Å²) in [5.74, 6) is 2.05. The molecule has 1 amide bonds. The Hall–Kier alpha value is -1.73. The van der Waals surface area contributed by atoms with Crippen molar-refractivity contribution in [1.29, 1.82) is 0 Å². The number of carbonyl (C=O) groups excluding carboxylic acids is 1. The van der Waals surface area contributed by atoms with Crippen molar-refractivity contribution in [2.24, 2.45) is 11.8 Å². The molecule has 1 saturated carbocycles. The molecule has 1 aliphatic carbocycles. The van der Waals surface area contributed by atoms with Gasteiger partial charge in [-0.25, -0.2) is 9.97 Å². The SMILES string of the molecule is CCc1cnc(N(C)CCC2CCC(C(=O)N3CCCN(CCO)CC3)CC2)nc1. The zero-order chi connectivity index (χ0) is 21.3. The number of aryl methyl sites for hydroxylation is 1. The smallest absolute Gasteiger partial charge is 0.225 e. The predicted octanol–water partition coefficient (Wildman–Crippen LogP) is 2.20. The second-order valence-electron chi connectivity index (χ2n) is 8.92. The van der Waals surface area contributed by atoms with E-state index in [1.807, 2.05) is 12.4 Å². The first-order valence-electron chi connectivity index (χ1n) is 11.7. The zero-order valence-electron chi connectivity index (χ0n) is 18.8. The third-order valence-electron chi connectivity index (χ3n) is 6.83. The number of nitrogens with zero attached hydrogens (tertiary/aromatic N) is 5. The Labute approximate surface area is 181 Å². The molecule has 7 nitrogen and oxygen atoms in total. The molecule has 2 heterocycles. The van der Waals surface area contributed by atoms with E-state index >= 15 is 0 Å². The lowest BCUT2D eigenvalue weighted by Gasteiger charge is -2.32. The van der Waals surface area contributed by atoms with Gasteiger partial charge in [0.15, 0.2) is 0 Å². The largest absolute Gasteiger partial charge is 0.395 e. The Morgan fingerprint density at radius 2 is 1.87 bits per heavy atom. The molecular formula is C23H39N5O2. The summed E-state index contributed by atoms with van der Waals surface area (Å²) in [5.41, 5.74) is 1.17. The topological polar surface area (TPSA) is 72.8 Å². The minimum atomic E-state index is 0.198. The Bertz CT molecular complexity index is 645. The molecule has 0 spiro atoms. The summed E-state index contributed by atoms with van der Waals surface area (Å²) in [6, 6.07) is 0. The van der Waals surface area contributed by atoms with Crippen molar-refractivity contribution in [3.8, 4) is 0 Å². The molecule has 2 fully saturated rings. The minimum absolute atomic E-state index is 0.198. The Kier molecular flexibility index (Phi) is 8.88. The van der Waals surface area contributed by atoms with E-state index in [0.29, 0.717) is 11.8 Å². The summed E-state index contributed by atoms with van der Waals surface area (Å²) in [5, 5.41) is 9.15. The fourth-order valence-corrected chi connectivity index (χ4v) is 4.72. The summed E-state index contributed by atoms with van der Waals surface area (Å²) in [6.07, 6.45) is 11.3. The molecule has 1 aromatic rings. The second-order valence-corrected chi connectivity index (χ2v) is 8.92. The van der Waals surface area contributed by atoms with Crippen LogP contribution in [0.2, 0.25) is 0 Å². The van der Waals surface area contributed by atoms with Crippen molar-refractivity contribution >= 4 is 11.9 Å². The van der Waals surface area contributed by atoms with Gasteiger partial charge in [0.1, 0.15) is 0 Å². The average molecular weight is 418 g/mol. The number of aliphatic hydroxyl groups is 1. The van der Waals surface area contributed by atoms with Gasteiger partial charge in [-0.1, -0.05) is 6.92 Å². The van der Waals surface area contributed by atoms with Gasteiger partial charge in [-0.05, 0) is 63.0 Å². The van der Waals surface area contributed by atoms with Crippen molar-refractivity contribution in [3.05, 3.63) is 18.0 Å². The number of rotatable bonds is 8. The van der Waals surface area contributed by atoms with E-state index in [2.05, 4.69) is 38.6 Å². The van der Waals surface area contributed by atoms with E-state index in [1.54, 1.807) is 0 Å². The van der Waals surface area contributed by atoms with E-state index in [1.165, 1.54) is 5.56 Å². The second kappa shape index (κ2) is 11.6. The molecule has 1 aliphatic heterocycles. The maximum Gasteiger partial charge on any atom is 0.225 e. The normalized spacial score (nSPS) is 23.2. The van der Waals surface area contributed by atoms with E-state index < -0.39 is 0 Å². The van der Waals surface area contributed by atoms with Crippen LogP contribution in [0.15, 0.2) is 12.4 Å². The van der Waals surface area contributed by atoms with Gasteiger partial charge in [0.2, 0.25) is 11.9 Å². The summed E-state index contributed by atoms with van der Waals surface area (Å²) in [7, 11) is 2.07. The first kappa shape index (κ1) is 22.9. The third kappa shape index (κ3) is 6.38. The van der Waals surface area contributed by atoms with E-state index in [4.69, 9.17) is 5.11 Å². The van der Waals surface area contributed by atoms with Gasteiger partial charge in [0.25, 0.3) is 0 Å². The highest BCUT2D eigenvalue weighted by molar-refractivity contribution is 5.79. The minimum Gasteiger partial charge on any atom is -0.395 e. The molecule has 0 bridgehead atoms. The molecule has 0 atom stereocenters. The fourth-order valence-electron chi connectivity index (χ4n) is 4.72. The molecule has 3 rings (SSSR count). The van der Waals surface area contributed by atoms with E-state index in [-0.39, 0.29) is 12.5 Å². The molecule has 0 unspecified atom stereocenters. The van der Waals surface area contributed by atoms with Crippen molar-refractivity contribution in [2.75, 3.05) is 57.8 Å². The molecule has 1 aromatic heterocycles. The van der Waals surface area contributed by atoms with Crippen LogP contribution >= 0.6 is 0 Å². The summed E-state index contributed by atoms with van der Waals surface area (Å²) in [6.45, 7) is 7.52. The Morgan fingerprint density at radius 1 is 1.13 bits per heavy atom. The quantitative estimate of drug-likeness (QED) is 0.699. The summed E-state index contributed by atoms with van der Waals surface area (Å²) >= 11 is 0.